The van der Waals surface area contributed by atoms with Gasteiger partial charge in [0.1, 0.15) is 5.75 Å². The number of alkyl halides is 3. The van der Waals surface area contributed by atoms with Crippen molar-refractivity contribution in [2.24, 2.45) is 0 Å². The zero-order chi connectivity index (χ0) is 14.6. The Balaban J connectivity index is 3.37. The van der Waals surface area contributed by atoms with Gasteiger partial charge in [-0.25, -0.2) is 0 Å². The third-order valence-electron chi connectivity index (χ3n) is 2.10. The van der Waals surface area contributed by atoms with Gasteiger partial charge in [-0.2, -0.15) is 5.26 Å². The van der Waals surface area contributed by atoms with E-state index in [4.69, 9.17) is 15.5 Å². The molecule has 0 radical (unpaired) electrons. The van der Waals surface area contributed by atoms with Crippen molar-refractivity contribution >= 4 is 5.97 Å². The van der Waals surface area contributed by atoms with Crippen LogP contribution in [0.5, 0.6) is 5.75 Å². The third kappa shape index (κ3) is 4.15. The Hall–Kier alpha value is -2.27. The van der Waals surface area contributed by atoms with E-state index in [0.29, 0.717) is 0 Å². The van der Waals surface area contributed by atoms with Gasteiger partial charge in [-0.05, 0) is 12.1 Å². The van der Waals surface area contributed by atoms with E-state index < -0.39 is 31.1 Å². The van der Waals surface area contributed by atoms with E-state index in [1.165, 1.54) is 0 Å². The maximum absolute atomic E-state index is 12.2. The van der Waals surface area contributed by atoms with Gasteiger partial charge < -0.3 is 14.9 Å². The highest BCUT2D eigenvalue weighted by Crippen LogP contribution is 2.32. The number of carboxylic acid groups (broad SMARTS) is 1. The highest BCUT2D eigenvalue weighted by molar-refractivity contribution is 5.72. The summed E-state index contributed by atoms with van der Waals surface area (Å²) in [6, 6.07) is 3.65. The van der Waals surface area contributed by atoms with Gasteiger partial charge >= 0.3 is 12.3 Å². The van der Waals surface area contributed by atoms with Crippen LogP contribution < -0.4 is 4.74 Å². The molecule has 1 aromatic carbocycles. The first-order valence-electron chi connectivity index (χ1n) is 4.91. The SMILES string of the molecule is N#Cc1cc(CO)c(OC(F)(F)F)c(CC(=O)O)c1. The molecule has 8 heteroatoms. The number of aliphatic hydroxyl groups is 1. The zero-order valence-electron chi connectivity index (χ0n) is 9.36. The van der Waals surface area contributed by atoms with E-state index in [9.17, 15) is 18.0 Å². The first kappa shape index (κ1) is 14.8. The van der Waals surface area contributed by atoms with Gasteiger partial charge in [-0.15, -0.1) is 13.2 Å². The summed E-state index contributed by atoms with van der Waals surface area (Å²) in [6.07, 6.45) is -5.78. The van der Waals surface area contributed by atoms with Gasteiger partial charge in [0.2, 0.25) is 0 Å². The maximum Gasteiger partial charge on any atom is 0.573 e. The number of nitriles is 1. The van der Waals surface area contributed by atoms with Crippen LogP contribution in [0.1, 0.15) is 16.7 Å². The molecule has 5 nitrogen and oxygen atoms in total. The van der Waals surface area contributed by atoms with Crippen LogP contribution in [-0.4, -0.2) is 22.5 Å². The molecular formula is C11H8F3NO4. The summed E-state index contributed by atoms with van der Waals surface area (Å²) in [7, 11) is 0. The molecule has 0 spiro atoms. The Morgan fingerprint density at radius 1 is 1.37 bits per heavy atom. The molecule has 0 aromatic heterocycles. The van der Waals surface area contributed by atoms with Crippen LogP contribution in [0.4, 0.5) is 13.2 Å². The number of hydrogen-bond donors (Lipinski definition) is 2. The van der Waals surface area contributed by atoms with Crippen molar-refractivity contribution in [3.63, 3.8) is 0 Å². The van der Waals surface area contributed by atoms with Gasteiger partial charge in [-0.3, -0.25) is 4.79 Å². The Morgan fingerprint density at radius 2 is 1.95 bits per heavy atom. The first-order chi connectivity index (χ1) is 8.76. The third-order valence-corrected chi connectivity index (χ3v) is 2.10. The van der Waals surface area contributed by atoms with Crippen LogP contribution >= 0.6 is 0 Å². The van der Waals surface area contributed by atoms with Crippen molar-refractivity contribution in [2.75, 3.05) is 0 Å². The van der Waals surface area contributed by atoms with Gasteiger partial charge in [-0.1, -0.05) is 0 Å². The fourth-order valence-corrected chi connectivity index (χ4v) is 1.48. The van der Waals surface area contributed by atoms with E-state index in [1.54, 1.807) is 6.07 Å². The fourth-order valence-electron chi connectivity index (χ4n) is 1.48. The van der Waals surface area contributed by atoms with Crippen LogP contribution in [0, 0.1) is 11.3 Å². The number of carbonyl (C=O) groups is 1. The summed E-state index contributed by atoms with van der Waals surface area (Å²) in [5, 5.41) is 26.3. The Labute approximate surface area is 105 Å². The number of halogens is 3. The summed E-state index contributed by atoms with van der Waals surface area (Å²) in [5.41, 5.74) is -0.685. The normalized spacial score (nSPS) is 10.9. The molecule has 0 bridgehead atoms. The van der Waals surface area contributed by atoms with Crippen LogP contribution in [-0.2, 0) is 17.8 Å². The number of rotatable bonds is 4. The number of aliphatic hydroxyl groups excluding tert-OH is 1. The fraction of sp³-hybridized carbons (Fsp3) is 0.273. The lowest BCUT2D eigenvalue weighted by atomic mass is 10.0. The minimum Gasteiger partial charge on any atom is -0.481 e. The van der Waals surface area contributed by atoms with E-state index in [-0.39, 0.29) is 16.7 Å². The predicted octanol–water partition coefficient (Wildman–Crippen LogP) is 1.58. The minimum absolute atomic E-state index is 0.0603. The largest absolute Gasteiger partial charge is 0.573 e. The van der Waals surface area contributed by atoms with Crippen LogP contribution in [0.15, 0.2) is 12.1 Å². The van der Waals surface area contributed by atoms with Gasteiger partial charge in [0, 0.05) is 11.1 Å². The molecule has 0 fully saturated rings. The Kier molecular flexibility index (Phi) is 4.34. The summed E-state index contributed by atoms with van der Waals surface area (Å²) < 4.78 is 40.4. The molecule has 102 valence electrons. The molecule has 0 aliphatic rings. The summed E-state index contributed by atoms with van der Waals surface area (Å²) >= 11 is 0. The van der Waals surface area contributed by atoms with Gasteiger partial charge in [0.05, 0.1) is 24.7 Å². The average Bonchev–Trinajstić information content (AvgIpc) is 2.28. The second-order valence-electron chi connectivity index (χ2n) is 3.51. The minimum atomic E-state index is -5.02. The number of carboxylic acids is 1. The van der Waals surface area contributed by atoms with E-state index in [1.807, 2.05) is 0 Å². The topological polar surface area (TPSA) is 90.5 Å². The lowest BCUT2D eigenvalue weighted by Crippen LogP contribution is -2.20. The van der Waals surface area contributed by atoms with E-state index in [2.05, 4.69) is 4.74 Å². The molecule has 0 aliphatic heterocycles. The van der Waals surface area contributed by atoms with Crippen molar-refractivity contribution in [1.82, 2.24) is 0 Å². The zero-order valence-corrected chi connectivity index (χ0v) is 9.36. The Bertz CT molecular complexity index is 534. The Morgan fingerprint density at radius 3 is 2.37 bits per heavy atom. The molecular weight excluding hydrogens is 267 g/mol. The number of ether oxygens (including phenoxy) is 1. The second-order valence-corrected chi connectivity index (χ2v) is 3.51. The van der Waals surface area contributed by atoms with Crippen molar-refractivity contribution in [2.45, 2.75) is 19.4 Å². The number of aliphatic carboxylic acids is 1. The maximum atomic E-state index is 12.2. The first-order valence-corrected chi connectivity index (χ1v) is 4.91. The van der Waals surface area contributed by atoms with E-state index in [0.717, 1.165) is 12.1 Å². The molecule has 0 heterocycles. The molecule has 19 heavy (non-hydrogen) atoms. The lowest BCUT2D eigenvalue weighted by molar-refractivity contribution is -0.275. The van der Waals surface area contributed by atoms with Gasteiger partial charge in [0.15, 0.2) is 0 Å². The molecule has 0 amide bonds. The molecule has 0 aliphatic carbocycles. The van der Waals surface area contributed by atoms with Crippen molar-refractivity contribution < 1.29 is 32.9 Å². The molecule has 2 N–H and O–H groups in total. The molecule has 0 unspecified atom stereocenters. The van der Waals surface area contributed by atoms with Crippen molar-refractivity contribution in [3.8, 4) is 11.8 Å². The number of hydrogen-bond acceptors (Lipinski definition) is 4. The highest BCUT2D eigenvalue weighted by Gasteiger charge is 2.33. The predicted molar refractivity (Wildman–Crippen MR) is 55.1 cm³/mol. The summed E-state index contributed by atoms with van der Waals surface area (Å²) in [5.74, 6) is -2.16. The highest BCUT2D eigenvalue weighted by atomic mass is 19.4. The van der Waals surface area contributed by atoms with Crippen molar-refractivity contribution in [1.29, 1.82) is 5.26 Å². The van der Waals surface area contributed by atoms with Gasteiger partial charge in [0.25, 0.3) is 0 Å². The molecule has 0 saturated carbocycles. The average molecular weight is 275 g/mol. The second kappa shape index (κ2) is 5.58. The molecule has 1 rings (SSSR count). The molecule has 0 saturated heterocycles. The number of benzene rings is 1. The quantitative estimate of drug-likeness (QED) is 0.870. The smallest absolute Gasteiger partial charge is 0.481 e. The van der Waals surface area contributed by atoms with Crippen LogP contribution in [0.3, 0.4) is 0 Å². The lowest BCUT2D eigenvalue weighted by Gasteiger charge is -2.16. The summed E-state index contributed by atoms with van der Waals surface area (Å²) in [6.45, 7) is -0.812. The van der Waals surface area contributed by atoms with Crippen LogP contribution in [0.2, 0.25) is 0 Å². The standard InChI is InChI=1S/C11H8F3NO4/c12-11(13,14)19-10-7(3-9(17)18)1-6(4-15)2-8(10)5-16/h1-2,16H,3,5H2,(H,17,18). The summed E-state index contributed by atoms with van der Waals surface area (Å²) in [4.78, 5) is 10.6. The molecule has 0 atom stereocenters. The van der Waals surface area contributed by atoms with Crippen molar-refractivity contribution in [3.05, 3.63) is 28.8 Å². The number of nitrogens with zero attached hydrogens (tertiary/aromatic N) is 1. The molecule has 1 aromatic rings. The van der Waals surface area contributed by atoms with E-state index >= 15 is 0 Å². The monoisotopic (exact) mass is 275 g/mol. The van der Waals surface area contributed by atoms with Crippen LogP contribution in [0.25, 0.3) is 0 Å².